The first kappa shape index (κ1) is 7.10. The highest BCUT2D eigenvalue weighted by Crippen LogP contribution is 2.12. The fraction of sp³-hybridized carbons (Fsp3) is 0.571. The van der Waals surface area contributed by atoms with E-state index in [9.17, 15) is 0 Å². The number of hydrogen-bond donors (Lipinski definition) is 1. The van der Waals surface area contributed by atoms with Crippen LogP contribution in [-0.4, -0.2) is 29.7 Å². The van der Waals surface area contributed by atoms with Crippen molar-refractivity contribution in [1.29, 1.82) is 5.26 Å². The van der Waals surface area contributed by atoms with Crippen molar-refractivity contribution >= 4 is 0 Å². The number of β-amino-alcohol motifs (C(OH)–C–C–N with tert-alkyl or cyclic N) is 1. The molecule has 3 nitrogen and oxygen atoms in total. The SMILES string of the molecule is CN1C=C(C#N)CC(O)C1. The number of rotatable bonds is 0. The lowest BCUT2D eigenvalue weighted by atomic mass is 10.1. The van der Waals surface area contributed by atoms with Crippen LogP contribution in [0.4, 0.5) is 0 Å². The molecule has 0 saturated heterocycles. The molecular formula is C7H10N2O. The predicted octanol–water partition coefficient (Wildman–Crippen LogP) is 0.0903. The van der Waals surface area contributed by atoms with Gasteiger partial charge < -0.3 is 10.0 Å². The quantitative estimate of drug-likeness (QED) is 0.516. The van der Waals surface area contributed by atoms with Crippen molar-refractivity contribution < 1.29 is 5.11 Å². The van der Waals surface area contributed by atoms with E-state index in [1.807, 2.05) is 18.0 Å². The molecule has 0 spiro atoms. The van der Waals surface area contributed by atoms with Gasteiger partial charge in [-0.3, -0.25) is 0 Å². The molecule has 0 aromatic heterocycles. The molecule has 1 rings (SSSR count). The largest absolute Gasteiger partial charge is 0.391 e. The molecule has 0 saturated carbocycles. The van der Waals surface area contributed by atoms with Crippen LogP contribution in [-0.2, 0) is 0 Å². The second-order valence-electron chi connectivity index (χ2n) is 2.56. The topological polar surface area (TPSA) is 47.3 Å². The number of aliphatic hydroxyl groups is 1. The Balaban J connectivity index is 2.68. The minimum atomic E-state index is -0.371. The Hall–Kier alpha value is -1.01. The smallest absolute Gasteiger partial charge is 0.0963 e. The van der Waals surface area contributed by atoms with E-state index in [0.717, 1.165) is 0 Å². The molecule has 1 unspecified atom stereocenters. The number of nitrogens with zero attached hydrogens (tertiary/aromatic N) is 2. The maximum absolute atomic E-state index is 9.15. The molecule has 54 valence electrons. The second-order valence-corrected chi connectivity index (χ2v) is 2.56. The zero-order valence-electron chi connectivity index (χ0n) is 5.91. The minimum Gasteiger partial charge on any atom is -0.391 e. The van der Waals surface area contributed by atoms with Crippen molar-refractivity contribution in [3.63, 3.8) is 0 Å². The van der Waals surface area contributed by atoms with E-state index in [-0.39, 0.29) is 6.10 Å². The molecule has 1 atom stereocenters. The van der Waals surface area contributed by atoms with E-state index in [2.05, 4.69) is 0 Å². The van der Waals surface area contributed by atoms with E-state index in [4.69, 9.17) is 10.4 Å². The summed E-state index contributed by atoms with van der Waals surface area (Å²) in [6.45, 7) is 0.630. The first-order valence-corrected chi connectivity index (χ1v) is 3.21. The molecule has 10 heavy (non-hydrogen) atoms. The molecule has 0 aromatic rings. The van der Waals surface area contributed by atoms with E-state index in [0.29, 0.717) is 18.5 Å². The molecular weight excluding hydrogens is 128 g/mol. The van der Waals surface area contributed by atoms with Gasteiger partial charge in [0.15, 0.2) is 0 Å². The lowest BCUT2D eigenvalue weighted by Crippen LogP contribution is -2.29. The average molecular weight is 138 g/mol. The average Bonchev–Trinajstić information content (AvgIpc) is 1.85. The monoisotopic (exact) mass is 138 g/mol. The molecule has 0 aliphatic carbocycles. The normalized spacial score (nSPS) is 25.5. The molecule has 0 aromatic carbocycles. The van der Waals surface area contributed by atoms with Crippen molar-refractivity contribution in [2.24, 2.45) is 0 Å². The zero-order chi connectivity index (χ0) is 7.56. The first-order valence-electron chi connectivity index (χ1n) is 3.21. The van der Waals surface area contributed by atoms with Crippen molar-refractivity contribution in [2.75, 3.05) is 13.6 Å². The Morgan fingerprint density at radius 3 is 3.10 bits per heavy atom. The van der Waals surface area contributed by atoms with Gasteiger partial charge in [-0.25, -0.2) is 0 Å². The molecule has 0 radical (unpaired) electrons. The Bertz CT molecular complexity index is 192. The fourth-order valence-electron chi connectivity index (χ4n) is 1.10. The van der Waals surface area contributed by atoms with Gasteiger partial charge in [-0.05, 0) is 0 Å². The second kappa shape index (κ2) is 2.72. The summed E-state index contributed by atoms with van der Waals surface area (Å²) in [6, 6.07) is 2.02. The van der Waals surface area contributed by atoms with Crippen LogP contribution in [0.3, 0.4) is 0 Å². The molecule has 3 heteroatoms. The van der Waals surface area contributed by atoms with Crippen LogP contribution < -0.4 is 0 Å². The lowest BCUT2D eigenvalue weighted by molar-refractivity contribution is 0.134. The Kier molecular flexibility index (Phi) is 1.93. The summed E-state index contributed by atoms with van der Waals surface area (Å²) >= 11 is 0. The number of hydrogen-bond acceptors (Lipinski definition) is 3. The van der Waals surface area contributed by atoms with Gasteiger partial charge in [-0.2, -0.15) is 5.26 Å². The maximum atomic E-state index is 9.15. The van der Waals surface area contributed by atoms with Gasteiger partial charge in [0, 0.05) is 31.8 Å². The highest BCUT2D eigenvalue weighted by atomic mass is 16.3. The van der Waals surface area contributed by atoms with Crippen LogP contribution in [0.1, 0.15) is 6.42 Å². The van der Waals surface area contributed by atoms with Crippen molar-refractivity contribution in [1.82, 2.24) is 4.90 Å². The molecule has 1 aliphatic rings. The maximum Gasteiger partial charge on any atom is 0.0963 e. The van der Waals surface area contributed by atoms with Crippen molar-refractivity contribution in [3.05, 3.63) is 11.8 Å². The standard InChI is InChI=1S/C7H10N2O/c1-9-4-6(3-8)2-7(10)5-9/h4,7,10H,2,5H2,1H3. The summed E-state index contributed by atoms with van der Waals surface area (Å²) < 4.78 is 0. The summed E-state index contributed by atoms with van der Waals surface area (Å²) in [6.07, 6.45) is 1.90. The molecule has 0 fully saturated rings. The third-order valence-corrected chi connectivity index (χ3v) is 1.47. The minimum absolute atomic E-state index is 0.371. The van der Waals surface area contributed by atoms with E-state index >= 15 is 0 Å². The van der Waals surface area contributed by atoms with Crippen LogP contribution >= 0.6 is 0 Å². The predicted molar refractivity (Wildman–Crippen MR) is 36.9 cm³/mol. The molecule has 0 bridgehead atoms. The van der Waals surface area contributed by atoms with Crippen molar-refractivity contribution in [3.8, 4) is 6.07 Å². The van der Waals surface area contributed by atoms with Crippen molar-refractivity contribution in [2.45, 2.75) is 12.5 Å². The lowest BCUT2D eigenvalue weighted by Gasteiger charge is -2.23. The summed E-state index contributed by atoms with van der Waals surface area (Å²) in [5.41, 5.74) is 0.654. The number of nitriles is 1. The van der Waals surface area contributed by atoms with Crippen LogP contribution in [0.5, 0.6) is 0 Å². The van der Waals surface area contributed by atoms with Gasteiger partial charge in [0.25, 0.3) is 0 Å². The molecule has 1 N–H and O–H groups in total. The van der Waals surface area contributed by atoms with Gasteiger partial charge in [0.2, 0.25) is 0 Å². The fourth-order valence-corrected chi connectivity index (χ4v) is 1.10. The van der Waals surface area contributed by atoms with Gasteiger partial charge in [-0.1, -0.05) is 0 Å². The van der Waals surface area contributed by atoms with E-state index in [1.165, 1.54) is 0 Å². The highest BCUT2D eigenvalue weighted by molar-refractivity contribution is 5.22. The van der Waals surface area contributed by atoms with E-state index in [1.54, 1.807) is 6.20 Å². The third-order valence-electron chi connectivity index (χ3n) is 1.47. The summed E-state index contributed by atoms with van der Waals surface area (Å²) in [5, 5.41) is 17.6. The third kappa shape index (κ3) is 1.49. The highest BCUT2D eigenvalue weighted by Gasteiger charge is 2.14. The van der Waals surface area contributed by atoms with Crippen LogP contribution in [0.2, 0.25) is 0 Å². The van der Waals surface area contributed by atoms with Crippen LogP contribution in [0, 0.1) is 11.3 Å². The van der Waals surface area contributed by atoms with Crippen LogP contribution in [0.15, 0.2) is 11.8 Å². The number of aliphatic hydroxyl groups excluding tert-OH is 1. The molecule has 0 amide bonds. The van der Waals surface area contributed by atoms with Gasteiger partial charge in [0.1, 0.15) is 0 Å². The summed E-state index contributed by atoms with van der Waals surface area (Å²) in [5.74, 6) is 0. The van der Waals surface area contributed by atoms with E-state index < -0.39 is 0 Å². The molecule has 1 aliphatic heterocycles. The van der Waals surface area contributed by atoms with Crippen LogP contribution in [0.25, 0.3) is 0 Å². The van der Waals surface area contributed by atoms with Gasteiger partial charge in [-0.15, -0.1) is 0 Å². The Morgan fingerprint density at radius 1 is 1.90 bits per heavy atom. The molecule has 1 heterocycles. The Morgan fingerprint density at radius 2 is 2.60 bits per heavy atom. The van der Waals surface area contributed by atoms with Gasteiger partial charge in [0.05, 0.1) is 12.2 Å². The summed E-state index contributed by atoms with van der Waals surface area (Å²) in [4.78, 5) is 1.83. The number of likely N-dealkylation sites (N-methyl/N-ethyl adjacent to an activating group) is 1. The Labute approximate surface area is 60.2 Å². The first-order chi connectivity index (χ1) is 4.72. The zero-order valence-corrected chi connectivity index (χ0v) is 5.91. The summed E-state index contributed by atoms with van der Waals surface area (Å²) in [7, 11) is 1.85. The van der Waals surface area contributed by atoms with Gasteiger partial charge >= 0.3 is 0 Å².